The molecule has 0 saturated carbocycles. The van der Waals surface area contributed by atoms with E-state index in [9.17, 15) is 19.3 Å². The number of nitrogens with one attached hydrogen (secondary N) is 1. The van der Waals surface area contributed by atoms with E-state index in [1.807, 2.05) is 0 Å². The van der Waals surface area contributed by atoms with E-state index in [4.69, 9.17) is 40.6 Å². The number of halogens is 1. The maximum Gasteiger partial charge on any atom is 0.406 e. The molecule has 4 N–H and O–H groups in total. The maximum atomic E-state index is 13.9. The summed E-state index contributed by atoms with van der Waals surface area (Å²) < 4.78 is 44.0. The first kappa shape index (κ1) is 35.6. The first-order chi connectivity index (χ1) is 20.1. The number of nitrogens with two attached hydrogens (primary N) is 1. The number of nitrogens with zero attached hydrogens (tertiary/aromatic N) is 4. The Bertz CT molecular complexity index is 1330. The van der Waals surface area contributed by atoms with Crippen molar-refractivity contribution in [1.29, 1.82) is 0 Å². The van der Waals surface area contributed by atoms with E-state index < -0.39 is 54.6 Å². The van der Waals surface area contributed by atoms with Crippen LogP contribution in [-0.4, -0.2) is 97.6 Å². The van der Waals surface area contributed by atoms with Crippen LogP contribution in [0.1, 0.15) is 47.8 Å². The van der Waals surface area contributed by atoms with Gasteiger partial charge in [-0.1, -0.05) is 11.8 Å². The zero-order valence-electron chi connectivity index (χ0n) is 25.2. The lowest BCUT2D eigenvalue weighted by Crippen LogP contribution is -2.42. The molecular weight excluding hydrogens is 627 g/mol. The highest BCUT2D eigenvalue weighted by Gasteiger charge is 2.55. The lowest BCUT2D eigenvalue weighted by molar-refractivity contribution is -0.149. The van der Waals surface area contributed by atoms with Crippen molar-refractivity contribution in [1.82, 2.24) is 24.6 Å². The highest BCUT2D eigenvalue weighted by atomic mass is 35.5. The van der Waals surface area contributed by atoms with Crippen LogP contribution in [0.5, 0.6) is 0 Å². The van der Waals surface area contributed by atoms with Gasteiger partial charge in [0.25, 0.3) is 0 Å². The first-order valence-corrected chi connectivity index (χ1v) is 16.4. The Kier molecular flexibility index (Phi) is 12.0. The van der Waals surface area contributed by atoms with E-state index in [1.165, 1.54) is 26.7 Å². The monoisotopic (exact) mass is 666 g/mol. The van der Waals surface area contributed by atoms with Crippen LogP contribution >= 0.6 is 31.1 Å². The number of aliphatic hydroxyl groups excluding tert-OH is 1. The number of imidazole rings is 1. The molecule has 18 heteroatoms. The van der Waals surface area contributed by atoms with Gasteiger partial charge in [0.15, 0.2) is 22.8 Å². The summed E-state index contributed by atoms with van der Waals surface area (Å²) in [6.45, 7) is 8.95. The summed E-state index contributed by atoms with van der Waals surface area (Å²) in [4.78, 5) is 36.1. The summed E-state index contributed by atoms with van der Waals surface area (Å²) in [6.07, 6.45) is -0.0912. The number of hydrogen-bond donors (Lipinski definition) is 3. The number of aliphatic hydroxyl groups is 1. The van der Waals surface area contributed by atoms with Crippen LogP contribution < -0.4 is 10.8 Å². The van der Waals surface area contributed by atoms with Crippen LogP contribution in [0.4, 0.5) is 5.82 Å². The number of anilines is 1. The Balaban J connectivity index is 1.77. The molecule has 43 heavy (non-hydrogen) atoms. The Labute approximate surface area is 259 Å². The van der Waals surface area contributed by atoms with Crippen molar-refractivity contribution >= 4 is 59.2 Å². The van der Waals surface area contributed by atoms with Crippen LogP contribution in [-0.2, 0) is 37.4 Å². The van der Waals surface area contributed by atoms with Gasteiger partial charge in [-0.2, -0.15) is 0 Å². The highest BCUT2D eigenvalue weighted by Crippen LogP contribution is 2.49. The molecule has 15 nitrogen and oxygen atoms in total. The van der Waals surface area contributed by atoms with Crippen LogP contribution in [0.25, 0.3) is 11.2 Å². The van der Waals surface area contributed by atoms with Crippen LogP contribution in [0.15, 0.2) is 12.7 Å². The standard InChI is InChI=1S/C25H40ClN6O9PS/c1-14(2)40-21(34)15(3)31-42(36,38-8-9-43-23(35)24(4,5)11-33)39-10-16-18(37-7)25(6,26)22(41-16)32-13-30-17-19(27)28-12-29-20(17)32/h12-16,18,22,33H,8-11H2,1-7H3,(H,31,36)(H2,27,28,29)/t15-,16-,18-,22-,25-,42+/m1/s1. The molecule has 0 spiro atoms. The molecule has 6 atom stereocenters. The topological polar surface area (TPSA) is 199 Å². The third kappa shape index (κ3) is 8.44. The number of ether oxygens (including phenoxy) is 3. The van der Waals surface area contributed by atoms with Gasteiger partial charge in [0.2, 0.25) is 0 Å². The minimum absolute atomic E-state index is 0.114. The van der Waals surface area contributed by atoms with Gasteiger partial charge in [-0.15, -0.1) is 11.6 Å². The third-order valence-electron chi connectivity index (χ3n) is 6.57. The zero-order chi connectivity index (χ0) is 32.2. The van der Waals surface area contributed by atoms with Crippen molar-refractivity contribution in [3.63, 3.8) is 0 Å². The minimum Gasteiger partial charge on any atom is -0.462 e. The number of rotatable bonds is 15. The normalized spacial score (nSPS) is 24.7. The molecule has 0 amide bonds. The fraction of sp³-hybridized carbons (Fsp3) is 0.720. The summed E-state index contributed by atoms with van der Waals surface area (Å²) >= 11 is 7.89. The fourth-order valence-corrected chi connectivity index (χ4v) is 7.02. The molecule has 0 radical (unpaired) electrons. The molecule has 1 saturated heterocycles. The molecule has 2 aromatic rings. The van der Waals surface area contributed by atoms with Gasteiger partial charge < -0.3 is 25.1 Å². The molecule has 242 valence electrons. The zero-order valence-corrected chi connectivity index (χ0v) is 27.6. The lowest BCUT2D eigenvalue weighted by atomic mass is 9.97. The van der Waals surface area contributed by atoms with E-state index in [2.05, 4.69) is 20.0 Å². The Morgan fingerprint density at radius 1 is 1.30 bits per heavy atom. The van der Waals surface area contributed by atoms with Gasteiger partial charge in [-0.3, -0.25) is 23.2 Å². The number of carbonyl (C=O) groups is 2. The molecule has 0 aromatic carbocycles. The molecule has 0 aliphatic carbocycles. The Hall–Kier alpha value is -1.88. The summed E-state index contributed by atoms with van der Waals surface area (Å²) in [5.41, 5.74) is 5.75. The van der Waals surface area contributed by atoms with Gasteiger partial charge in [-0.05, 0) is 41.5 Å². The average molecular weight is 667 g/mol. The second-order valence-corrected chi connectivity index (χ2v) is 14.7. The smallest absolute Gasteiger partial charge is 0.406 e. The van der Waals surface area contributed by atoms with E-state index in [-0.39, 0.29) is 36.5 Å². The van der Waals surface area contributed by atoms with Crippen molar-refractivity contribution in [2.45, 2.75) is 77.0 Å². The van der Waals surface area contributed by atoms with Crippen molar-refractivity contribution in [3.8, 4) is 0 Å². The summed E-state index contributed by atoms with van der Waals surface area (Å²) in [5, 5.41) is 11.8. The number of methoxy groups -OCH3 is 1. The molecule has 0 unspecified atom stereocenters. The second kappa shape index (κ2) is 14.5. The van der Waals surface area contributed by atoms with Crippen molar-refractivity contribution < 1.29 is 42.5 Å². The van der Waals surface area contributed by atoms with E-state index in [0.29, 0.717) is 11.2 Å². The molecule has 1 fully saturated rings. The van der Waals surface area contributed by atoms with Gasteiger partial charge in [0.1, 0.15) is 35.0 Å². The van der Waals surface area contributed by atoms with Crippen molar-refractivity contribution in [2.24, 2.45) is 5.41 Å². The molecular formula is C25H40ClN6O9PS. The van der Waals surface area contributed by atoms with Gasteiger partial charge in [-0.25, -0.2) is 24.6 Å². The number of fused-ring (bicyclic) bond motifs is 1. The SMILES string of the molecule is CO[C@@H]1[C@@H](CO[P@](=O)(N[C@H](C)C(=O)OC(C)C)OCCSC(=O)C(C)(C)CO)O[C@@H](n2cnc3c(N)ncnc32)[C@]1(C)Cl. The summed E-state index contributed by atoms with van der Waals surface area (Å²) in [6, 6.07) is -1.06. The first-order valence-electron chi connectivity index (χ1n) is 13.5. The number of thioether (sulfide) groups is 1. The number of hydrogen-bond acceptors (Lipinski definition) is 14. The molecule has 2 aromatic heterocycles. The quantitative estimate of drug-likeness (QED) is 0.108. The van der Waals surface area contributed by atoms with Gasteiger partial charge in [0, 0.05) is 12.9 Å². The second-order valence-electron chi connectivity index (χ2n) is 11.1. The maximum absolute atomic E-state index is 13.9. The van der Waals surface area contributed by atoms with E-state index in [0.717, 1.165) is 11.8 Å². The van der Waals surface area contributed by atoms with Crippen LogP contribution in [0, 0.1) is 5.41 Å². The number of alkyl halides is 1. The molecule has 1 aliphatic heterocycles. The summed E-state index contributed by atoms with van der Waals surface area (Å²) in [7, 11) is -2.74. The van der Waals surface area contributed by atoms with Gasteiger partial charge >= 0.3 is 13.7 Å². The van der Waals surface area contributed by atoms with Crippen LogP contribution in [0.3, 0.4) is 0 Å². The Morgan fingerprint density at radius 3 is 2.63 bits per heavy atom. The van der Waals surface area contributed by atoms with E-state index in [1.54, 1.807) is 39.2 Å². The molecule has 0 bridgehead atoms. The van der Waals surface area contributed by atoms with Gasteiger partial charge in [0.05, 0.1) is 37.7 Å². The minimum atomic E-state index is -4.20. The van der Waals surface area contributed by atoms with Crippen molar-refractivity contribution in [3.05, 3.63) is 12.7 Å². The largest absolute Gasteiger partial charge is 0.462 e. The number of carbonyl (C=O) groups excluding carboxylic acids is 2. The highest BCUT2D eigenvalue weighted by molar-refractivity contribution is 8.13. The molecule has 3 heterocycles. The van der Waals surface area contributed by atoms with Crippen molar-refractivity contribution in [2.75, 3.05) is 38.4 Å². The third-order valence-corrected chi connectivity index (χ3v) is 9.87. The number of nitrogen functional groups attached to an aromatic ring is 1. The van der Waals surface area contributed by atoms with Crippen LogP contribution in [0.2, 0.25) is 0 Å². The molecule has 3 rings (SSSR count). The summed E-state index contributed by atoms with van der Waals surface area (Å²) in [5.74, 6) is -0.357. The Morgan fingerprint density at radius 2 is 2.00 bits per heavy atom. The average Bonchev–Trinajstić information content (AvgIpc) is 3.47. The fourth-order valence-electron chi connectivity index (χ4n) is 4.22. The predicted molar refractivity (Wildman–Crippen MR) is 160 cm³/mol. The number of aromatic nitrogens is 4. The predicted octanol–water partition coefficient (Wildman–Crippen LogP) is 2.67. The van der Waals surface area contributed by atoms with E-state index >= 15 is 0 Å². The number of esters is 1. The lowest BCUT2D eigenvalue weighted by Gasteiger charge is -2.28. The molecule has 1 aliphatic rings.